The fourth-order valence-electron chi connectivity index (χ4n) is 2.26. The summed E-state index contributed by atoms with van der Waals surface area (Å²) in [7, 11) is 2.01. The highest BCUT2D eigenvalue weighted by Gasteiger charge is 2.21. The van der Waals surface area contributed by atoms with Crippen LogP contribution in [0.3, 0.4) is 0 Å². The molecular formula is C12H18N2O2. The maximum atomic E-state index is 10.1. The maximum absolute atomic E-state index is 10.1. The van der Waals surface area contributed by atoms with Gasteiger partial charge in [0, 0.05) is 37.0 Å². The van der Waals surface area contributed by atoms with Crippen molar-refractivity contribution in [3.05, 3.63) is 23.3 Å². The number of aliphatic hydroxyl groups is 1. The number of hydrogen-bond donors (Lipinski definition) is 3. The lowest BCUT2D eigenvalue weighted by Gasteiger charge is -2.29. The van der Waals surface area contributed by atoms with Crippen LogP contribution in [-0.2, 0) is 6.42 Å². The lowest BCUT2D eigenvalue weighted by Crippen LogP contribution is -2.25. The van der Waals surface area contributed by atoms with Crippen molar-refractivity contribution in [3.8, 4) is 5.75 Å². The molecule has 1 aliphatic heterocycles. The molecule has 0 aromatic heterocycles. The number of rotatable bonds is 2. The van der Waals surface area contributed by atoms with E-state index >= 15 is 0 Å². The van der Waals surface area contributed by atoms with Gasteiger partial charge in [0.05, 0.1) is 6.10 Å². The SMILES string of the molecule is CN1CCCc2c1ccc(C(O)CN)c2O. The summed E-state index contributed by atoms with van der Waals surface area (Å²) in [4.78, 5) is 2.12. The van der Waals surface area contributed by atoms with Gasteiger partial charge in [-0.25, -0.2) is 0 Å². The molecule has 0 amide bonds. The average Bonchev–Trinajstić information content (AvgIpc) is 2.30. The first kappa shape index (κ1) is 11.2. The molecule has 0 aliphatic carbocycles. The predicted molar refractivity (Wildman–Crippen MR) is 63.7 cm³/mol. The van der Waals surface area contributed by atoms with Crippen molar-refractivity contribution in [2.45, 2.75) is 18.9 Å². The van der Waals surface area contributed by atoms with Gasteiger partial charge >= 0.3 is 0 Å². The third-order valence-electron chi connectivity index (χ3n) is 3.20. The van der Waals surface area contributed by atoms with Gasteiger partial charge in [0.1, 0.15) is 5.75 Å². The third kappa shape index (κ3) is 1.74. The predicted octanol–water partition coefficient (Wildman–Crippen LogP) is 0.767. The average molecular weight is 222 g/mol. The van der Waals surface area contributed by atoms with Gasteiger partial charge in [0.25, 0.3) is 0 Å². The first-order valence-corrected chi connectivity index (χ1v) is 5.59. The Bertz CT molecular complexity index is 393. The number of aromatic hydroxyl groups is 1. The number of nitrogens with zero attached hydrogens (tertiary/aromatic N) is 1. The number of phenolic OH excluding ortho intramolecular Hbond substituents is 1. The van der Waals surface area contributed by atoms with Crippen LogP contribution >= 0.6 is 0 Å². The van der Waals surface area contributed by atoms with Crippen LogP contribution in [0.2, 0.25) is 0 Å². The Labute approximate surface area is 95.3 Å². The van der Waals surface area contributed by atoms with Crippen LogP contribution in [0.1, 0.15) is 23.7 Å². The summed E-state index contributed by atoms with van der Waals surface area (Å²) in [5, 5.41) is 19.8. The monoisotopic (exact) mass is 222 g/mol. The highest BCUT2D eigenvalue weighted by Crippen LogP contribution is 2.37. The van der Waals surface area contributed by atoms with Gasteiger partial charge in [-0.3, -0.25) is 0 Å². The zero-order chi connectivity index (χ0) is 11.7. The Kier molecular flexibility index (Phi) is 3.03. The highest BCUT2D eigenvalue weighted by atomic mass is 16.3. The summed E-state index contributed by atoms with van der Waals surface area (Å²) in [6.07, 6.45) is 1.10. The van der Waals surface area contributed by atoms with E-state index in [1.165, 1.54) is 0 Å². The van der Waals surface area contributed by atoms with E-state index in [2.05, 4.69) is 4.90 Å². The van der Waals surface area contributed by atoms with Crippen molar-refractivity contribution in [3.63, 3.8) is 0 Å². The molecule has 0 saturated carbocycles. The van der Waals surface area contributed by atoms with E-state index in [1.54, 1.807) is 6.07 Å². The van der Waals surface area contributed by atoms with E-state index in [0.717, 1.165) is 30.6 Å². The number of aliphatic hydroxyl groups excluding tert-OH is 1. The Balaban J connectivity index is 2.46. The van der Waals surface area contributed by atoms with Crippen LogP contribution in [0, 0.1) is 0 Å². The van der Waals surface area contributed by atoms with Crippen molar-refractivity contribution >= 4 is 5.69 Å². The molecule has 0 fully saturated rings. The molecule has 2 rings (SSSR count). The minimum Gasteiger partial charge on any atom is -0.507 e. The van der Waals surface area contributed by atoms with Crippen LogP contribution in [0.15, 0.2) is 12.1 Å². The van der Waals surface area contributed by atoms with Crippen LogP contribution in [0.4, 0.5) is 5.69 Å². The second-order valence-electron chi connectivity index (χ2n) is 4.28. The van der Waals surface area contributed by atoms with Crippen molar-refractivity contribution in [1.29, 1.82) is 0 Å². The van der Waals surface area contributed by atoms with E-state index in [9.17, 15) is 10.2 Å². The van der Waals surface area contributed by atoms with E-state index in [4.69, 9.17) is 5.73 Å². The number of anilines is 1. The van der Waals surface area contributed by atoms with Crippen molar-refractivity contribution in [2.24, 2.45) is 5.73 Å². The summed E-state index contributed by atoms with van der Waals surface area (Å²) >= 11 is 0. The van der Waals surface area contributed by atoms with Gasteiger partial charge in [-0.1, -0.05) is 6.07 Å². The number of nitrogens with two attached hydrogens (primary N) is 1. The van der Waals surface area contributed by atoms with Gasteiger partial charge < -0.3 is 20.8 Å². The molecule has 88 valence electrons. The minimum atomic E-state index is -0.780. The molecule has 4 N–H and O–H groups in total. The first-order valence-electron chi connectivity index (χ1n) is 5.59. The molecule has 1 atom stereocenters. The number of benzene rings is 1. The smallest absolute Gasteiger partial charge is 0.126 e. The molecule has 0 bridgehead atoms. The lowest BCUT2D eigenvalue weighted by molar-refractivity contribution is 0.182. The van der Waals surface area contributed by atoms with Crippen molar-refractivity contribution < 1.29 is 10.2 Å². The molecule has 4 heteroatoms. The summed E-state index contributed by atoms with van der Waals surface area (Å²) in [6.45, 7) is 1.13. The number of fused-ring (bicyclic) bond motifs is 1. The summed E-state index contributed by atoms with van der Waals surface area (Å²) in [6, 6.07) is 3.70. The molecule has 1 aromatic carbocycles. The second kappa shape index (κ2) is 4.31. The Hall–Kier alpha value is -1.26. The molecule has 0 saturated heterocycles. The molecule has 1 aliphatic rings. The Morgan fingerprint density at radius 3 is 2.94 bits per heavy atom. The van der Waals surface area contributed by atoms with Gasteiger partial charge in [0.15, 0.2) is 0 Å². The molecule has 0 spiro atoms. The van der Waals surface area contributed by atoms with Gasteiger partial charge in [-0.15, -0.1) is 0 Å². The highest BCUT2D eigenvalue weighted by molar-refractivity contribution is 5.63. The zero-order valence-electron chi connectivity index (χ0n) is 9.48. The standard InChI is InChI=1S/C12H18N2O2/c1-14-6-2-3-8-10(14)5-4-9(12(8)16)11(15)7-13/h4-5,11,15-16H,2-3,6-7,13H2,1H3. The van der Waals surface area contributed by atoms with Crippen LogP contribution in [0.25, 0.3) is 0 Å². The minimum absolute atomic E-state index is 0.127. The molecule has 4 nitrogen and oxygen atoms in total. The fraction of sp³-hybridized carbons (Fsp3) is 0.500. The summed E-state index contributed by atoms with van der Waals surface area (Å²) in [5.41, 5.74) is 7.93. The fourth-order valence-corrected chi connectivity index (χ4v) is 2.26. The van der Waals surface area contributed by atoms with E-state index in [0.29, 0.717) is 5.56 Å². The summed E-state index contributed by atoms with van der Waals surface area (Å²) in [5.74, 6) is 0.210. The molecule has 0 radical (unpaired) electrons. The number of phenols is 1. The molecule has 1 unspecified atom stereocenters. The first-order chi connectivity index (χ1) is 7.65. The Morgan fingerprint density at radius 1 is 1.50 bits per heavy atom. The molecule has 16 heavy (non-hydrogen) atoms. The normalized spacial score (nSPS) is 17.1. The lowest BCUT2D eigenvalue weighted by atomic mass is 9.96. The van der Waals surface area contributed by atoms with Crippen LogP contribution < -0.4 is 10.6 Å². The van der Waals surface area contributed by atoms with E-state index in [1.807, 2.05) is 13.1 Å². The largest absolute Gasteiger partial charge is 0.507 e. The van der Waals surface area contributed by atoms with Gasteiger partial charge in [-0.2, -0.15) is 0 Å². The maximum Gasteiger partial charge on any atom is 0.126 e. The molecule has 1 aromatic rings. The number of hydrogen-bond acceptors (Lipinski definition) is 4. The molecule has 1 heterocycles. The quantitative estimate of drug-likeness (QED) is 0.691. The van der Waals surface area contributed by atoms with Crippen LogP contribution in [0.5, 0.6) is 5.75 Å². The summed E-state index contributed by atoms with van der Waals surface area (Å²) < 4.78 is 0. The van der Waals surface area contributed by atoms with E-state index in [-0.39, 0.29) is 12.3 Å². The van der Waals surface area contributed by atoms with Crippen molar-refractivity contribution in [1.82, 2.24) is 0 Å². The molecular weight excluding hydrogens is 204 g/mol. The third-order valence-corrected chi connectivity index (χ3v) is 3.20. The Morgan fingerprint density at radius 2 is 2.25 bits per heavy atom. The van der Waals surface area contributed by atoms with E-state index < -0.39 is 6.10 Å². The second-order valence-corrected chi connectivity index (χ2v) is 4.28. The van der Waals surface area contributed by atoms with Gasteiger partial charge in [0.2, 0.25) is 0 Å². The van der Waals surface area contributed by atoms with Crippen molar-refractivity contribution in [2.75, 3.05) is 25.0 Å². The zero-order valence-corrected chi connectivity index (χ0v) is 9.48. The van der Waals surface area contributed by atoms with Gasteiger partial charge in [-0.05, 0) is 18.9 Å². The topological polar surface area (TPSA) is 69.7 Å². The van der Waals surface area contributed by atoms with Crippen LogP contribution in [-0.4, -0.2) is 30.4 Å².